The average molecular weight is 206 g/mol. The zero-order valence-corrected chi connectivity index (χ0v) is 10.0. The first kappa shape index (κ1) is 12.2. The van der Waals surface area contributed by atoms with Gasteiger partial charge in [0.2, 0.25) is 0 Å². The van der Waals surface area contributed by atoms with Crippen LogP contribution < -0.4 is 5.73 Å². The molecule has 0 radical (unpaired) electrons. The lowest BCUT2D eigenvalue weighted by Crippen LogP contribution is -2.44. The van der Waals surface area contributed by atoms with Gasteiger partial charge >= 0.3 is 0 Å². The van der Waals surface area contributed by atoms with Crippen LogP contribution in [0.2, 0.25) is 0 Å². The van der Waals surface area contributed by atoms with Crippen molar-refractivity contribution < 1.29 is 0 Å². The minimum atomic E-state index is -0.120. The maximum Gasteiger partial charge on any atom is 0.0234 e. The van der Waals surface area contributed by atoms with Gasteiger partial charge in [-0.2, -0.15) is 0 Å². The molecule has 0 fully saturated rings. The van der Waals surface area contributed by atoms with Gasteiger partial charge in [0.15, 0.2) is 0 Å². The van der Waals surface area contributed by atoms with Gasteiger partial charge in [-0.15, -0.1) is 0 Å². The first-order chi connectivity index (χ1) is 7.01. The van der Waals surface area contributed by atoms with Crippen LogP contribution in [0, 0.1) is 0 Å². The van der Waals surface area contributed by atoms with E-state index in [0.717, 1.165) is 19.6 Å². The minimum absolute atomic E-state index is 0.120. The molecule has 0 atom stereocenters. The van der Waals surface area contributed by atoms with E-state index in [1.807, 2.05) is 6.07 Å². The van der Waals surface area contributed by atoms with Gasteiger partial charge in [-0.1, -0.05) is 37.3 Å². The number of hydrogen-bond acceptors (Lipinski definition) is 2. The number of nitrogens with zero attached hydrogens (tertiary/aromatic N) is 1. The molecular formula is C13H22N2. The first-order valence-electron chi connectivity index (χ1n) is 5.56. The third-order valence-corrected chi connectivity index (χ3v) is 2.33. The van der Waals surface area contributed by atoms with Gasteiger partial charge in [0, 0.05) is 18.6 Å². The molecule has 2 N–H and O–H groups in total. The van der Waals surface area contributed by atoms with Gasteiger partial charge in [0.1, 0.15) is 0 Å². The Hall–Kier alpha value is -0.860. The zero-order valence-electron chi connectivity index (χ0n) is 10.0. The highest BCUT2D eigenvalue weighted by atomic mass is 15.1. The second-order valence-electron chi connectivity index (χ2n) is 4.78. The van der Waals surface area contributed by atoms with Crippen LogP contribution in [-0.4, -0.2) is 23.5 Å². The van der Waals surface area contributed by atoms with Gasteiger partial charge in [0.25, 0.3) is 0 Å². The molecule has 0 aliphatic carbocycles. The normalized spacial score (nSPS) is 12.1. The maximum absolute atomic E-state index is 6.02. The van der Waals surface area contributed by atoms with E-state index in [-0.39, 0.29) is 5.54 Å². The Kier molecular flexibility index (Phi) is 4.30. The number of likely N-dealkylation sites (N-methyl/N-ethyl adjacent to an activating group) is 1. The fourth-order valence-electron chi connectivity index (χ4n) is 1.70. The molecule has 0 spiro atoms. The molecule has 84 valence electrons. The van der Waals surface area contributed by atoms with E-state index in [1.165, 1.54) is 5.56 Å². The molecule has 1 aromatic carbocycles. The second-order valence-corrected chi connectivity index (χ2v) is 4.78. The van der Waals surface area contributed by atoms with Crippen molar-refractivity contribution in [3.8, 4) is 0 Å². The zero-order chi connectivity index (χ0) is 11.3. The summed E-state index contributed by atoms with van der Waals surface area (Å²) in [7, 11) is 0. The summed E-state index contributed by atoms with van der Waals surface area (Å²) in [6.07, 6.45) is 0. The van der Waals surface area contributed by atoms with Gasteiger partial charge in [0.05, 0.1) is 0 Å². The Morgan fingerprint density at radius 1 is 1.20 bits per heavy atom. The van der Waals surface area contributed by atoms with Crippen molar-refractivity contribution in [2.75, 3.05) is 13.1 Å². The van der Waals surface area contributed by atoms with Gasteiger partial charge in [-0.3, -0.25) is 4.90 Å². The van der Waals surface area contributed by atoms with Crippen molar-refractivity contribution in [1.82, 2.24) is 4.90 Å². The molecule has 0 aliphatic rings. The summed E-state index contributed by atoms with van der Waals surface area (Å²) in [6, 6.07) is 10.5. The average Bonchev–Trinajstić information content (AvgIpc) is 2.16. The van der Waals surface area contributed by atoms with E-state index in [1.54, 1.807) is 0 Å². The van der Waals surface area contributed by atoms with E-state index in [2.05, 4.69) is 49.9 Å². The van der Waals surface area contributed by atoms with Crippen LogP contribution in [0.15, 0.2) is 30.3 Å². The Balaban J connectivity index is 2.55. The third kappa shape index (κ3) is 4.96. The Labute approximate surface area is 93.1 Å². The van der Waals surface area contributed by atoms with Crippen molar-refractivity contribution in [2.24, 2.45) is 5.73 Å². The minimum Gasteiger partial charge on any atom is -0.324 e. The van der Waals surface area contributed by atoms with E-state index in [9.17, 15) is 0 Å². The lowest BCUT2D eigenvalue weighted by atomic mass is 10.1. The summed E-state index contributed by atoms with van der Waals surface area (Å²) in [6.45, 7) is 9.27. The highest BCUT2D eigenvalue weighted by molar-refractivity contribution is 5.14. The van der Waals surface area contributed by atoms with E-state index >= 15 is 0 Å². The molecule has 2 heteroatoms. The predicted molar refractivity (Wildman–Crippen MR) is 65.7 cm³/mol. The summed E-state index contributed by atoms with van der Waals surface area (Å²) in [5.41, 5.74) is 7.25. The van der Waals surface area contributed by atoms with Gasteiger partial charge < -0.3 is 5.73 Å². The van der Waals surface area contributed by atoms with Crippen LogP contribution in [0.1, 0.15) is 26.3 Å². The summed E-state index contributed by atoms with van der Waals surface area (Å²) in [5, 5.41) is 0. The molecule has 0 saturated carbocycles. The van der Waals surface area contributed by atoms with Crippen LogP contribution in [-0.2, 0) is 6.54 Å². The smallest absolute Gasteiger partial charge is 0.0234 e. The quantitative estimate of drug-likeness (QED) is 0.800. The van der Waals surface area contributed by atoms with E-state index < -0.39 is 0 Å². The van der Waals surface area contributed by atoms with Crippen molar-refractivity contribution in [2.45, 2.75) is 32.9 Å². The molecule has 1 aromatic rings. The van der Waals surface area contributed by atoms with Crippen molar-refractivity contribution >= 4 is 0 Å². The standard InChI is InChI=1S/C13H22N2/c1-4-15(11-13(2,3)14)10-12-8-6-5-7-9-12/h5-9H,4,10-11,14H2,1-3H3. The molecule has 15 heavy (non-hydrogen) atoms. The molecular weight excluding hydrogens is 184 g/mol. The number of nitrogens with two attached hydrogens (primary N) is 1. The lowest BCUT2D eigenvalue weighted by molar-refractivity contribution is 0.228. The molecule has 0 aromatic heterocycles. The van der Waals surface area contributed by atoms with Crippen molar-refractivity contribution in [3.63, 3.8) is 0 Å². The number of benzene rings is 1. The monoisotopic (exact) mass is 206 g/mol. The van der Waals surface area contributed by atoms with Gasteiger partial charge in [-0.05, 0) is 26.0 Å². The van der Waals surface area contributed by atoms with Crippen molar-refractivity contribution in [3.05, 3.63) is 35.9 Å². The molecule has 0 saturated heterocycles. The van der Waals surface area contributed by atoms with Crippen LogP contribution >= 0.6 is 0 Å². The molecule has 0 heterocycles. The largest absolute Gasteiger partial charge is 0.324 e. The van der Waals surface area contributed by atoms with Crippen LogP contribution in [0.3, 0.4) is 0 Å². The Morgan fingerprint density at radius 2 is 1.80 bits per heavy atom. The molecule has 0 amide bonds. The fourth-order valence-corrected chi connectivity index (χ4v) is 1.70. The molecule has 0 aliphatic heterocycles. The highest BCUT2D eigenvalue weighted by Gasteiger charge is 2.15. The second kappa shape index (κ2) is 5.29. The maximum atomic E-state index is 6.02. The third-order valence-electron chi connectivity index (χ3n) is 2.33. The predicted octanol–water partition coefficient (Wildman–Crippen LogP) is 2.25. The molecule has 0 bridgehead atoms. The highest BCUT2D eigenvalue weighted by Crippen LogP contribution is 2.07. The summed E-state index contributed by atoms with van der Waals surface area (Å²) in [4.78, 5) is 2.37. The number of hydrogen-bond donors (Lipinski definition) is 1. The summed E-state index contributed by atoms with van der Waals surface area (Å²) >= 11 is 0. The topological polar surface area (TPSA) is 29.3 Å². The van der Waals surface area contributed by atoms with Crippen molar-refractivity contribution in [1.29, 1.82) is 0 Å². The molecule has 2 nitrogen and oxygen atoms in total. The number of rotatable bonds is 5. The fraction of sp³-hybridized carbons (Fsp3) is 0.538. The van der Waals surface area contributed by atoms with Crippen LogP contribution in [0.4, 0.5) is 0 Å². The summed E-state index contributed by atoms with van der Waals surface area (Å²) in [5.74, 6) is 0. The van der Waals surface area contributed by atoms with E-state index in [0.29, 0.717) is 0 Å². The van der Waals surface area contributed by atoms with E-state index in [4.69, 9.17) is 5.73 Å². The summed E-state index contributed by atoms with van der Waals surface area (Å²) < 4.78 is 0. The Bertz CT molecular complexity index is 274. The first-order valence-corrected chi connectivity index (χ1v) is 5.56. The van der Waals surface area contributed by atoms with Crippen LogP contribution in [0.5, 0.6) is 0 Å². The van der Waals surface area contributed by atoms with Crippen LogP contribution in [0.25, 0.3) is 0 Å². The lowest BCUT2D eigenvalue weighted by Gasteiger charge is -2.28. The van der Waals surface area contributed by atoms with Gasteiger partial charge in [-0.25, -0.2) is 0 Å². The Morgan fingerprint density at radius 3 is 2.27 bits per heavy atom. The molecule has 0 unspecified atom stereocenters. The molecule has 1 rings (SSSR count). The SMILES string of the molecule is CCN(Cc1ccccc1)CC(C)(C)N.